The highest BCUT2D eigenvalue weighted by Crippen LogP contribution is 2.22. The normalized spacial score (nSPS) is 18.1. The minimum Gasteiger partial charge on any atom is -0.302 e. The van der Waals surface area contributed by atoms with Gasteiger partial charge in [-0.05, 0) is 62.0 Å². The Kier molecular flexibility index (Phi) is 5.28. The van der Waals surface area contributed by atoms with E-state index in [9.17, 15) is 4.79 Å². The molecule has 0 unspecified atom stereocenters. The van der Waals surface area contributed by atoms with Crippen molar-refractivity contribution in [3.8, 4) is 0 Å². The maximum Gasteiger partial charge on any atom is 0.255 e. The van der Waals surface area contributed by atoms with Crippen molar-refractivity contribution in [1.82, 2.24) is 14.5 Å². The van der Waals surface area contributed by atoms with E-state index in [1.54, 1.807) is 6.20 Å². The van der Waals surface area contributed by atoms with E-state index in [-0.39, 0.29) is 5.56 Å². The van der Waals surface area contributed by atoms with Crippen LogP contribution in [0.1, 0.15) is 37.4 Å². The fourth-order valence-electron chi connectivity index (χ4n) is 3.94. The Hall–Kier alpha value is -2.17. The molecule has 27 heavy (non-hydrogen) atoms. The number of hydrogen-bond acceptors (Lipinski definition) is 3. The van der Waals surface area contributed by atoms with Crippen molar-refractivity contribution in [2.75, 3.05) is 6.54 Å². The maximum atomic E-state index is 13.3. The van der Waals surface area contributed by atoms with Gasteiger partial charge in [0.2, 0.25) is 0 Å². The fraction of sp³-hybridized carbons (Fsp3) is 0.364. The molecule has 4 nitrogen and oxygen atoms in total. The van der Waals surface area contributed by atoms with Gasteiger partial charge in [-0.1, -0.05) is 30.2 Å². The number of benzene rings is 1. The third-order valence-electron chi connectivity index (χ3n) is 5.49. The van der Waals surface area contributed by atoms with E-state index in [1.807, 2.05) is 47.0 Å². The number of likely N-dealkylation sites (tertiary alicyclic amines) is 1. The van der Waals surface area contributed by atoms with Crippen LogP contribution in [0.25, 0.3) is 10.9 Å². The second-order valence-corrected chi connectivity index (χ2v) is 7.84. The molecule has 2 aromatic heterocycles. The van der Waals surface area contributed by atoms with Crippen LogP contribution in [0.4, 0.5) is 0 Å². The fourth-order valence-corrected chi connectivity index (χ4v) is 4.11. The molecule has 1 aliphatic rings. The van der Waals surface area contributed by atoms with Gasteiger partial charge in [0, 0.05) is 29.4 Å². The monoisotopic (exact) mass is 381 g/mol. The molecular weight excluding hydrogens is 358 g/mol. The van der Waals surface area contributed by atoms with Gasteiger partial charge in [-0.3, -0.25) is 14.7 Å². The molecule has 1 aromatic carbocycles. The zero-order valence-corrected chi connectivity index (χ0v) is 16.3. The number of halogens is 1. The van der Waals surface area contributed by atoms with E-state index in [1.165, 1.54) is 19.3 Å². The molecule has 140 valence electrons. The van der Waals surface area contributed by atoms with Gasteiger partial charge in [-0.25, -0.2) is 0 Å². The van der Waals surface area contributed by atoms with Crippen LogP contribution in [-0.2, 0) is 13.1 Å². The summed E-state index contributed by atoms with van der Waals surface area (Å²) in [5.74, 6) is 0. The molecule has 1 saturated heterocycles. The van der Waals surface area contributed by atoms with Crippen molar-refractivity contribution in [1.29, 1.82) is 0 Å². The summed E-state index contributed by atoms with van der Waals surface area (Å²) < 4.78 is 1.81. The van der Waals surface area contributed by atoms with E-state index in [4.69, 9.17) is 11.6 Å². The van der Waals surface area contributed by atoms with Crippen LogP contribution in [0, 0.1) is 0 Å². The predicted molar refractivity (Wildman–Crippen MR) is 110 cm³/mol. The van der Waals surface area contributed by atoms with Gasteiger partial charge in [0.15, 0.2) is 0 Å². The lowest BCUT2D eigenvalue weighted by Crippen LogP contribution is -2.39. The van der Waals surface area contributed by atoms with E-state index in [0.29, 0.717) is 24.2 Å². The Balaban J connectivity index is 1.79. The van der Waals surface area contributed by atoms with Crippen molar-refractivity contribution in [3.05, 3.63) is 75.3 Å². The molecule has 0 amide bonds. The summed E-state index contributed by atoms with van der Waals surface area (Å²) in [5.41, 5.74) is 2.61. The molecule has 1 atom stereocenters. The lowest BCUT2D eigenvalue weighted by Gasteiger charge is -2.33. The maximum absolute atomic E-state index is 13.3. The molecule has 3 aromatic rings. The summed E-state index contributed by atoms with van der Waals surface area (Å²) in [4.78, 5) is 20.2. The summed E-state index contributed by atoms with van der Waals surface area (Å²) >= 11 is 6.22. The summed E-state index contributed by atoms with van der Waals surface area (Å²) in [6, 6.07) is 14.1. The van der Waals surface area contributed by atoms with Gasteiger partial charge in [0.05, 0.1) is 17.8 Å². The molecule has 4 rings (SSSR count). The highest BCUT2D eigenvalue weighted by atomic mass is 35.5. The van der Waals surface area contributed by atoms with Crippen LogP contribution in [0.15, 0.2) is 53.5 Å². The van der Waals surface area contributed by atoms with Gasteiger partial charge in [0.25, 0.3) is 5.56 Å². The van der Waals surface area contributed by atoms with Crippen molar-refractivity contribution < 1.29 is 0 Å². The zero-order valence-electron chi connectivity index (χ0n) is 15.6. The molecule has 0 spiro atoms. The number of nitrogens with zero attached hydrogens (tertiary/aromatic N) is 3. The van der Waals surface area contributed by atoms with E-state index in [0.717, 1.165) is 28.7 Å². The van der Waals surface area contributed by atoms with Gasteiger partial charge < -0.3 is 4.57 Å². The first-order chi connectivity index (χ1) is 13.1. The molecule has 1 fully saturated rings. The second kappa shape index (κ2) is 7.83. The summed E-state index contributed by atoms with van der Waals surface area (Å²) in [5, 5.41) is 1.67. The topological polar surface area (TPSA) is 38.1 Å². The van der Waals surface area contributed by atoms with Crippen LogP contribution in [0.5, 0.6) is 0 Å². The Morgan fingerprint density at radius 2 is 2.04 bits per heavy atom. The van der Waals surface area contributed by atoms with Gasteiger partial charge in [0.1, 0.15) is 0 Å². The number of aromatic nitrogens is 2. The van der Waals surface area contributed by atoms with E-state index >= 15 is 0 Å². The lowest BCUT2D eigenvalue weighted by atomic mass is 10.0. The van der Waals surface area contributed by atoms with E-state index < -0.39 is 0 Å². The van der Waals surface area contributed by atoms with Crippen LogP contribution < -0.4 is 5.56 Å². The number of piperidine rings is 1. The summed E-state index contributed by atoms with van der Waals surface area (Å²) in [7, 11) is 0. The van der Waals surface area contributed by atoms with Crippen molar-refractivity contribution in [2.24, 2.45) is 0 Å². The third-order valence-corrected chi connectivity index (χ3v) is 5.73. The first-order valence-corrected chi connectivity index (χ1v) is 9.95. The zero-order chi connectivity index (χ0) is 18.8. The van der Waals surface area contributed by atoms with Gasteiger partial charge in [-0.15, -0.1) is 0 Å². The van der Waals surface area contributed by atoms with Crippen molar-refractivity contribution >= 4 is 22.5 Å². The largest absolute Gasteiger partial charge is 0.302 e. The van der Waals surface area contributed by atoms with Crippen molar-refractivity contribution in [2.45, 2.75) is 45.3 Å². The molecule has 3 heterocycles. The molecule has 0 bridgehead atoms. The summed E-state index contributed by atoms with van der Waals surface area (Å²) in [6.45, 7) is 4.45. The first-order valence-electron chi connectivity index (χ1n) is 9.58. The van der Waals surface area contributed by atoms with Gasteiger partial charge in [-0.2, -0.15) is 0 Å². The number of rotatable bonds is 4. The molecule has 0 N–H and O–H groups in total. The van der Waals surface area contributed by atoms with Crippen LogP contribution in [0.3, 0.4) is 0 Å². The average molecular weight is 382 g/mol. The average Bonchev–Trinajstić information content (AvgIpc) is 2.68. The number of hydrogen-bond donors (Lipinski definition) is 0. The molecule has 0 saturated carbocycles. The second-order valence-electron chi connectivity index (χ2n) is 7.40. The quantitative estimate of drug-likeness (QED) is 0.669. The molecule has 0 radical (unpaired) electrons. The third kappa shape index (κ3) is 3.92. The summed E-state index contributed by atoms with van der Waals surface area (Å²) in [6.07, 6.45) is 5.44. The van der Waals surface area contributed by atoms with Crippen molar-refractivity contribution in [3.63, 3.8) is 0 Å². The Labute approximate surface area is 164 Å². The standard InChI is InChI=1S/C22H24ClN3O/c1-16-6-3-5-11-25(16)14-18-12-17-8-9-19(23)13-21(17)26(22(18)27)15-20-7-2-4-10-24-20/h2,4,7-10,12-13,16H,3,5-6,11,14-15H2,1H3/t16-/m0/s1. The Bertz CT molecular complexity index is 1000. The Morgan fingerprint density at radius 1 is 1.15 bits per heavy atom. The molecule has 0 aliphatic carbocycles. The minimum atomic E-state index is 0.0493. The van der Waals surface area contributed by atoms with E-state index in [2.05, 4.69) is 16.8 Å². The van der Waals surface area contributed by atoms with Crippen LogP contribution in [0.2, 0.25) is 5.02 Å². The minimum absolute atomic E-state index is 0.0493. The number of pyridine rings is 2. The predicted octanol–water partition coefficient (Wildman–Crippen LogP) is 4.47. The highest BCUT2D eigenvalue weighted by Gasteiger charge is 2.20. The van der Waals surface area contributed by atoms with Crippen LogP contribution in [-0.4, -0.2) is 27.0 Å². The number of fused-ring (bicyclic) bond motifs is 1. The molecule has 1 aliphatic heterocycles. The molecular formula is C22H24ClN3O. The van der Waals surface area contributed by atoms with Gasteiger partial charge >= 0.3 is 0 Å². The molecule has 5 heteroatoms. The highest BCUT2D eigenvalue weighted by molar-refractivity contribution is 6.31. The first kappa shape index (κ1) is 18.2. The Morgan fingerprint density at radius 3 is 2.81 bits per heavy atom. The lowest BCUT2D eigenvalue weighted by molar-refractivity contribution is 0.152. The SMILES string of the molecule is C[C@H]1CCCCN1Cc1cc2ccc(Cl)cc2n(Cc2ccccn2)c1=O. The van der Waals surface area contributed by atoms with Crippen LogP contribution >= 0.6 is 11.6 Å². The smallest absolute Gasteiger partial charge is 0.255 e.